The van der Waals surface area contributed by atoms with Gasteiger partial charge in [-0.1, -0.05) is 30.3 Å². The highest BCUT2D eigenvalue weighted by Gasteiger charge is 2.12. The Morgan fingerprint density at radius 2 is 1.65 bits per heavy atom. The number of benzene rings is 2. The summed E-state index contributed by atoms with van der Waals surface area (Å²) < 4.78 is 0. The van der Waals surface area contributed by atoms with Crippen molar-refractivity contribution in [2.45, 2.75) is 0 Å². The number of aromatic nitrogens is 2. The zero-order chi connectivity index (χ0) is 15.6. The van der Waals surface area contributed by atoms with Crippen molar-refractivity contribution in [3.63, 3.8) is 0 Å². The summed E-state index contributed by atoms with van der Waals surface area (Å²) in [6.45, 7) is 4.16. The van der Waals surface area contributed by atoms with Crippen LogP contribution in [0.25, 0.3) is 22.2 Å². The van der Waals surface area contributed by atoms with E-state index in [0.29, 0.717) is 0 Å². The van der Waals surface area contributed by atoms with Gasteiger partial charge in [0.05, 0.1) is 11.2 Å². The molecule has 1 saturated heterocycles. The number of halogens is 1. The van der Waals surface area contributed by atoms with Gasteiger partial charge in [-0.05, 0) is 29.8 Å². The van der Waals surface area contributed by atoms with Gasteiger partial charge in [0.25, 0.3) is 0 Å². The maximum atomic E-state index is 6.09. The van der Waals surface area contributed by atoms with Gasteiger partial charge in [-0.2, -0.15) is 0 Å². The molecule has 1 aliphatic rings. The second-order valence-corrected chi connectivity index (χ2v) is 5.98. The molecule has 1 fully saturated rings. The Labute approximate surface area is 140 Å². The van der Waals surface area contributed by atoms with Crippen LogP contribution in [0.3, 0.4) is 0 Å². The summed E-state index contributed by atoms with van der Waals surface area (Å²) in [5.41, 5.74) is 4.06. The Morgan fingerprint density at radius 1 is 0.913 bits per heavy atom. The predicted octanol–water partition coefficient (Wildman–Crippen LogP) is 3.36. The van der Waals surface area contributed by atoms with Gasteiger partial charge in [0, 0.05) is 42.8 Å². The number of piperazine rings is 1. The van der Waals surface area contributed by atoms with Crippen LogP contribution in [-0.2, 0) is 0 Å². The lowest BCUT2D eigenvalue weighted by atomic mass is 10.1. The molecule has 0 amide bonds. The lowest BCUT2D eigenvalue weighted by Gasteiger charge is -2.29. The molecule has 116 valence electrons. The normalized spacial score (nSPS) is 15.1. The average Bonchev–Trinajstić information content (AvgIpc) is 2.62. The van der Waals surface area contributed by atoms with Crippen molar-refractivity contribution < 1.29 is 0 Å². The average molecular weight is 325 g/mol. The molecular formula is C18H17ClN4. The fourth-order valence-corrected chi connectivity index (χ4v) is 3.20. The molecule has 4 rings (SSSR count). The second-order valence-electron chi connectivity index (χ2n) is 5.64. The van der Waals surface area contributed by atoms with Crippen LogP contribution in [0.1, 0.15) is 0 Å². The number of hydrogen-bond acceptors (Lipinski definition) is 4. The smallest absolute Gasteiger partial charge is 0.223 e. The van der Waals surface area contributed by atoms with E-state index in [1.54, 1.807) is 0 Å². The highest BCUT2D eigenvalue weighted by Crippen LogP contribution is 2.28. The Bertz CT molecular complexity index is 826. The van der Waals surface area contributed by atoms with Crippen LogP contribution >= 0.6 is 11.6 Å². The third-order valence-electron chi connectivity index (χ3n) is 4.20. The molecule has 23 heavy (non-hydrogen) atoms. The number of hydrogen-bond donors (Lipinski definition) is 1. The van der Waals surface area contributed by atoms with Gasteiger partial charge in [-0.3, -0.25) is 0 Å². The summed E-state index contributed by atoms with van der Waals surface area (Å²) in [5, 5.41) is 4.68. The van der Waals surface area contributed by atoms with E-state index in [9.17, 15) is 0 Å². The van der Waals surface area contributed by atoms with Gasteiger partial charge < -0.3 is 10.2 Å². The summed E-state index contributed by atoms with van der Waals surface area (Å²) in [7, 11) is 0. The van der Waals surface area contributed by atoms with E-state index in [4.69, 9.17) is 11.6 Å². The van der Waals surface area contributed by atoms with E-state index in [0.717, 1.165) is 48.3 Å². The molecule has 0 spiro atoms. The molecule has 0 saturated carbocycles. The van der Waals surface area contributed by atoms with Crippen molar-refractivity contribution in [3.8, 4) is 11.3 Å². The first-order valence-electron chi connectivity index (χ1n) is 7.80. The standard InChI is InChI=1S/C18H17ClN4/c19-18-21-16-4-2-1-3-15(16)17(22-18)13-5-7-14(8-6-13)23-11-9-20-10-12-23/h1-8,20H,9-12H2. The highest BCUT2D eigenvalue weighted by molar-refractivity contribution is 6.28. The first-order chi connectivity index (χ1) is 11.3. The number of para-hydroxylation sites is 1. The summed E-state index contributed by atoms with van der Waals surface area (Å²) in [5.74, 6) is 0. The van der Waals surface area contributed by atoms with Gasteiger partial charge in [0.1, 0.15) is 0 Å². The Kier molecular flexibility index (Phi) is 3.85. The number of fused-ring (bicyclic) bond motifs is 1. The lowest BCUT2D eigenvalue weighted by Crippen LogP contribution is -2.43. The summed E-state index contributed by atoms with van der Waals surface area (Å²) in [4.78, 5) is 11.1. The van der Waals surface area contributed by atoms with E-state index in [2.05, 4.69) is 44.5 Å². The quantitative estimate of drug-likeness (QED) is 0.734. The van der Waals surface area contributed by atoms with Gasteiger partial charge >= 0.3 is 0 Å². The van der Waals surface area contributed by atoms with E-state index in [1.165, 1.54) is 5.69 Å². The molecule has 0 unspecified atom stereocenters. The van der Waals surface area contributed by atoms with Gasteiger partial charge in [0.15, 0.2) is 0 Å². The molecule has 0 radical (unpaired) electrons. The van der Waals surface area contributed by atoms with Crippen molar-refractivity contribution in [1.82, 2.24) is 15.3 Å². The topological polar surface area (TPSA) is 41.1 Å². The number of anilines is 1. The highest BCUT2D eigenvalue weighted by atomic mass is 35.5. The fraction of sp³-hybridized carbons (Fsp3) is 0.222. The van der Waals surface area contributed by atoms with E-state index in [-0.39, 0.29) is 5.28 Å². The Balaban J connectivity index is 1.73. The molecule has 0 bridgehead atoms. The largest absolute Gasteiger partial charge is 0.369 e. The van der Waals surface area contributed by atoms with Gasteiger partial charge in [-0.15, -0.1) is 0 Å². The van der Waals surface area contributed by atoms with Crippen LogP contribution in [0.5, 0.6) is 0 Å². The van der Waals surface area contributed by atoms with Crippen LogP contribution in [0.2, 0.25) is 5.28 Å². The second kappa shape index (κ2) is 6.14. The minimum absolute atomic E-state index is 0.282. The summed E-state index contributed by atoms with van der Waals surface area (Å²) >= 11 is 6.09. The van der Waals surface area contributed by atoms with Gasteiger partial charge in [-0.25, -0.2) is 9.97 Å². The minimum Gasteiger partial charge on any atom is -0.369 e. The van der Waals surface area contributed by atoms with Crippen LogP contribution in [0.4, 0.5) is 5.69 Å². The van der Waals surface area contributed by atoms with E-state index >= 15 is 0 Å². The third-order valence-corrected chi connectivity index (χ3v) is 4.37. The zero-order valence-corrected chi connectivity index (χ0v) is 13.4. The van der Waals surface area contributed by atoms with Crippen molar-refractivity contribution in [3.05, 3.63) is 53.8 Å². The lowest BCUT2D eigenvalue weighted by molar-refractivity contribution is 0.589. The molecule has 2 heterocycles. The number of rotatable bonds is 2. The molecule has 0 atom stereocenters. The molecule has 2 aromatic carbocycles. The molecule has 1 N–H and O–H groups in total. The SMILES string of the molecule is Clc1nc(-c2ccc(N3CCNCC3)cc2)c2ccccc2n1. The Hall–Kier alpha value is -2.17. The first kappa shape index (κ1) is 14.4. The van der Waals surface area contributed by atoms with E-state index in [1.807, 2.05) is 24.3 Å². The zero-order valence-electron chi connectivity index (χ0n) is 12.7. The van der Waals surface area contributed by atoms with Gasteiger partial charge in [0.2, 0.25) is 5.28 Å². The van der Waals surface area contributed by atoms with Crippen LogP contribution in [-0.4, -0.2) is 36.1 Å². The maximum Gasteiger partial charge on any atom is 0.223 e. The van der Waals surface area contributed by atoms with Crippen molar-refractivity contribution in [1.29, 1.82) is 0 Å². The van der Waals surface area contributed by atoms with Crippen LogP contribution < -0.4 is 10.2 Å². The summed E-state index contributed by atoms with van der Waals surface area (Å²) in [6, 6.07) is 16.5. The van der Waals surface area contributed by atoms with E-state index < -0.39 is 0 Å². The van der Waals surface area contributed by atoms with Crippen molar-refractivity contribution >= 4 is 28.2 Å². The maximum absolute atomic E-state index is 6.09. The molecule has 0 aliphatic carbocycles. The van der Waals surface area contributed by atoms with Crippen molar-refractivity contribution in [2.24, 2.45) is 0 Å². The minimum atomic E-state index is 0.282. The molecule has 1 aromatic heterocycles. The Morgan fingerprint density at radius 3 is 2.43 bits per heavy atom. The summed E-state index contributed by atoms with van der Waals surface area (Å²) in [6.07, 6.45) is 0. The predicted molar refractivity (Wildman–Crippen MR) is 95.1 cm³/mol. The van der Waals surface area contributed by atoms with Crippen LogP contribution in [0.15, 0.2) is 48.5 Å². The first-order valence-corrected chi connectivity index (χ1v) is 8.17. The molecular weight excluding hydrogens is 308 g/mol. The van der Waals surface area contributed by atoms with Crippen LogP contribution in [0, 0.1) is 0 Å². The fourth-order valence-electron chi connectivity index (χ4n) is 3.02. The molecule has 3 aromatic rings. The number of nitrogens with one attached hydrogen (secondary N) is 1. The number of nitrogens with zero attached hydrogens (tertiary/aromatic N) is 3. The van der Waals surface area contributed by atoms with Crippen molar-refractivity contribution in [2.75, 3.05) is 31.1 Å². The third kappa shape index (κ3) is 2.87. The molecule has 5 heteroatoms. The molecule has 4 nitrogen and oxygen atoms in total. The monoisotopic (exact) mass is 324 g/mol. The molecule has 1 aliphatic heterocycles.